The largest absolute Gasteiger partial charge is 0.390 e. The smallest absolute Gasteiger partial charge is 0.0619 e. The van der Waals surface area contributed by atoms with E-state index in [9.17, 15) is 5.11 Å². The summed E-state index contributed by atoms with van der Waals surface area (Å²) in [4.78, 5) is 0. The summed E-state index contributed by atoms with van der Waals surface area (Å²) in [6.45, 7) is 12.6. The highest BCUT2D eigenvalue weighted by Crippen LogP contribution is 2.31. The normalized spacial score (nSPS) is 19.4. The van der Waals surface area contributed by atoms with Crippen LogP contribution in [0.4, 0.5) is 0 Å². The minimum absolute atomic E-state index is 0.430. The van der Waals surface area contributed by atoms with Gasteiger partial charge in [-0.3, -0.25) is 0 Å². The summed E-state index contributed by atoms with van der Waals surface area (Å²) in [5.41, 5.74) is 0.0699. The fourth-order valence-corrected chi connectivity index (χ4v) is 1.81. The molecule has 0 amide bonds. The van der Waals surface area contributed by atoms with Gasteiger partial charge in [0.2, 0.25) is 0 Å². The van der Waals surface area contributed by atoms with Crippen molar-refractivity contribution in [3.63, 3.8) is 0 Å². The van der Waals surface area contributed by atoms with Crippen molar-refractivity contribution in [3.8, 4) is 0 Å². The average Bonchev–Trinajstić information content (AvgIpc) is 2.01. The SMILES string of the molecule is CC(C)(C)C.CC(C)(O)C1CCCCC1. The molecule has 1 rings (SSSR count). The van der Waals surface area contributed by atoms with Crippen LogP contribution >= 0.6 is 0 Å². The van der Waals surface area contributed by atoms with Crippen molar-refractivity contribution in [2.75, 3.05) is 0 Å². The lowest BCUT2D eigenvalue weighted by atomic mass is 9.79. The number of hydrogen-bond acceptors (Lipinski definition) is 1. The summed E-state index contributed by atoms with van der Waals surface area (Å²) in [7, 11) is 0. The van der Waals surface area contributed by atoms with Crippen LogP contribution in [0.15, 0.2) is 0 Å². The third-order valence-electron chi connectivity index (χ3n) is 2.60. The van der Waals surface area contributed by atoms with Crippen molar-refractivity contribution in [1.82, 2.24) is 0 Å². The minimum Gasteiger partial charge on any atom is -0.390 e. The highest BCUT2D eigenvalue weighted by atomic mass is 16.3. The molecule has 0 unspecified atom stereocenters. The van der Waals surface area contributed by atoms with E-state index in [4.69, 9.17) is 0 Å². The molecule has 0 radical (unpaired) electrons. The molecule has 15 heavy (non-hydrogen) atoms. The van der Waals surface area contributed by atoms with Crippen molar-refractivity contribution in [1.29, 1.82) is 0 Å². The van der Waals surface area contributed by atoms with Gasteiger partial charge in [-0.2, -0.15) is 0 Å². The van der Waals surface area contributed by atoms with Crippen LogP contribution in [0.5, 0.6) is 0 Å². The molecular weight excluding hydrogens is 184 g/mol. The van der Waals surface area contributed by atoms with Gasteiger partial charge in [0, 0.05) is 0 Å². The maximum Gasteiger partial charge on any atom is 0.0619 e. The summed E-state index contributed by atoms with van der Waals surface area (Å²) in [5.74, 6) is 0.557. The zero-order valence-corrected chi connectivity index (χ0v) is 11.6. The molecule has 0 saturated heterocycles. The molecule has 1 nitrogen and oxygen atoms in total. The molecule has 0 aliphatic heterocycles. The van der Waals surface area contributed by atoms with E-state index in [1.54, 1.807) is 0 Å². The van der Waals surface area contributed by atoms with Crippen LogP contribution in [-0.4, -0.2) is 10.7 Å². The Balaban J connectivity index is 0.000000336. The van der Waals surface area contributed by atoms with Gasteiger partial charge >= 0.3 is 0 Å². The lowest BCUT2D eigenvalue weighted by Gasteiger charge is -2.32. The molecule has 0 bridgehead atoms. The number of aliphatic hydroxyl groups is 1. The monoisotopic (exact) mass is 214 g/mol. The van der Waals surface area contributed by atoms with Gasteiger partial charge < -0.3 is 5.11 Å². The minimum atomic E-state index is -0.430. The fraction of sp³-hybridized carbons (Fsp3) is 1.00. The first-order valence-corrected chi connectivity index (χ1v) is 6.33. The van der Waals surface area contributed by atoms with Crippen LogP contribution in [0, 0.1) is 11.3 Å². The molecular formula is C14H30O. The van der Waals surface area contributed by atoms with Crippen LogP contribution < -0.4 is 0 Å². The third-order valence-corrected chi connectivity index (χ3v) is 2.60. The molecule has 0 spiro atoms. The number of hydrogen-bond donors (Lipinski definition) is 1. The second-order valence-corrected chi connectivity index (χ2v) is 6.99. The standard InChI is InChI=1S/C9H18O.C5H12/c1-9(2,10)8-6-4-3-5-7-8;1-5(2,3)4/h8,10H,3-7H2,1-2H3;1-4H3. The molecule has 1 saturated carbocycles. The quantitative estimate of drug-likeness (QED) is 0.686. The Labute approximate surface area is 96.3 Å². The summed E-state index contributed by atoms with van der Waals surface area (Å²) in [5, 5.41) is 9.64. The average molecular weight is 214 g/mol. The van der Waals surface area contributed by atoms with Crippen molar-refractivity contribution in [2.24, 2.45) is 11.3 Å². The summed E-state index contributed by atoms with van der Waals surface area (Å²) < 4.78 is 0. The van der Waals surface area contributed by atoms with Gasteiger partial charge in [0.15, 0.2) is 0 Å². The van der Waals surface area contributed by atoms with Crippen molar-refractivity contribution < 1.29 is 5.11 Å². The van der Waals surface area contributed by atoms with Crippen LogP contribution in [0.3, 0.4) is 0 Å². The van der Waals surface area contributed by atoms with Crippen molar-refractivity contribution in [2.45, 2.75) is 79.2 Å². The predicted octanol–water partition coefficient (Wildman–Crippen LogP) is 4.39. The lowest BCUT2D eigenvalue weighted by molar-refractivity contribution is 0.000835. The predicted molar refractivity (Wildman–Crippen MR) is 68.0 cm³/mol. The Kier molecular flexibility index (Phi) is 5.87. The Morgan fingerprint density at radius 3 is 1.33 bits per heavy atom. The maximum atomic E-state index is 9.64. The van der Waals surface area contributed by atoms with Crippen molar-refractivity contribution in [3.05, 3.63) is 0 Å². The van der Waals surface area contributed by atoms with Gasteiger partial charge in [-0.25, -0.2) is 0 Å². The van der Waals surface area contributed by atoms with Gasteiger partial charge in [-0.1, -0.05) is 47.0 Å². The third kappa shape index (κ3) is 10.2. The molecule has 1 fully saturated rings. The van der Waals surface area contributed by atoms with E-state index in [1.165, 1.54) is 32.1 Å². The second-order valence-electron chi connectivity index (χ2n) is 6.99. The Morgan fingerprint density at radius 1 is 0.800 bits per heavy atom. The number of rotatable bonds is 1. The van der Waals surface area contributed by atoms with E-state index in [0.29, 0.717) is 11.3 Å². The first-order valence-electron chi connectivity index (χ1n) is 6.33. The maximum absolute atomic E-state index is 9.64. The van der Waals surface area contributed by atoms with Gasteiger partial charge in [-0.05, 0) is 38.0 Å². The Morgan fingerprint density at radius 2 is 1.13 bits per heavy atom. The molecule has 0 heterocycles. The Hall–Kier alpha value is -0.0400. The highest BCUT2D eigenvalue weighted by molar-refractivity contribution is 4.79. The van der Waals surface area contributed by atoms with E-state index in [1.807, 2.05) is 13.8 Å². The molecule has 0 aromatic rings. The van der Waals surface area contributed by atoms with Crippen LogP contribution in [-0.2, 0) is 0 Å². The van der Waals surface area contributed by atoms with E-state index in [2.05, 4.69) is 27.7 Å². The molecule has 0 atom stereocenters. The van der Waals surface area contributed by atoms with Gasteiger partial charge in [0.1, 0.15) is 0 Å². The van der Waals surface area contributed by atoms with E-state index in [-0.39, 0.29) is 0 Å². The highest BCUT2D eigenvalue weighted by Gasteiger charge is 2.27. The molecule has 92 valence electrons. The van der Waals surface area contributed by atoms with Crippen LogP contribution in [0.1, 0.15) is 73.6 Å². The Bertz CT molecular complexity index is 147. The van der Waals surface area contributed by atoms with Gasteiger partial charge in [0.25, 0.3) is 0 Å². The summed E-state index contributed by atoms with van der Waals surface area (Å²) in [6, 6.07) is 0. The van der Waals surface area contributed by atoms with Crippen LogP contribution in [0.2, 0.25) is 0 Å². The molecule has 1 N–H and O–H groups in total. The topological polar surface area (TPSA) is 20.2 Å². The summed E-state index contributed by atoms with van der Waals surface area (Å²) in [6.07, 6.45) is 6.45. The first-order chi connectivity index (χ1) is 6.61. The fourth-order valence-electron chi connectivity index (χ4n) is 1.81. The molecule has 1 aliphatic rings. The zero-order valence-electron chi connectivity index (χ0n) is 11.6. The van der Waals surface area contributed by atoms with Gasteiger partial charge in [0.05, 0.1) is 5.60 Å². The lowest BCUT2D eigenvalue weighted by Crippen LogP contribution is -2.32. The van der Waals surface area contributed by atoms with E-state index < -0.39 is 5.60 Å². The molecule has 1 heteroatoms. The zero-order chi connectivity index (χ0) is 12.1. The van der Waals surface area contributed by atoms with Gasteiger partial charge in [-0.15, -0.1) is 0 Å². The van der Waals surface area contributed by atoms with E-state index in [0.717, 1.165) is 0 Å². The second kappa shape index (κ2) is 5.89. The molecule has 0 aromatic carbocycles. The molecule has 1 aliphatic carbocycles. The molecule has 0 aromatic heterocycles. The first kappa shape index (κ1) is 15.0. The van der Waals surface area contributed by atoms with Crippen LogP contribution in [0.25, 0.3) is 0 Å². The van der Waals surface area contributed by atoms with Crippen molar-refractivity contribution >= 4 is 0 Å². The summed E-state index contributed by atoms with van der Waals surface area (Å²) >= 11 is 0. The van der Waals surface area contributed by atoms with E-state index >= 15 is 0 Å².